The summed E-state index contributed by atoms with van der Waals surface area (Å²) in [7, 11) is 0. The van der Waals surface area contributed by atoms with Crippen molar-refractivity contribution in [2.24, 2.45) is 5.92 Å². The van der Waals surface area contributed by atoms with Crippen molar-refractivity contribution in [3.63, 3.8) is 0 Å². The van der Waals surface area contributed by atoms with E-state index < -0.39 is 0 Å². The topological polar surface area (TPSA) is 47.3 Å². The summed E-state index contributed by atoms with van der Waals surface area (Å²) in [5.41, 5.74) is 2.29. The normalized spacial score (nSPS) is 11.1. The van der Waals surface area contributed by atoms with Crippen LogP contribution in [-0.4, -0.2) is 20.9 Å². The lowest BCUT2D eigenvalue weighted by molar-refractivity contribution is 0.112. The summed E-state index contributed by atoms with van der Waals surface area (Å²) in [5.74, 6) is 0.588. The highest BCUT2D eigenvalue weighted by Gasteiger charge is 2.05. The molecule has 0 aliphatic carbocycles. The molecule has 0 N–H and O–H groups in total. The minimum atomic E-state index is 0.533. The van der Waals surface area contributed by atoms with E-state index in [0.717, 1.165) is 18.3 Å². The number of carbonyl (C=O) groups excluding carboxylic acids is 1. The molecule has 0 amide bonds. The quantitative estimate of drug-likeness (QED) is 0.714. The van der Waals surface area contributed by atoms with Gasteiger partial charge >= 0.3 is 0 Å². The molecule has 0 saturated heterocycles. The number of rotatable bonds is 3. The maximum Gasteiger partial charge on any atom is 0.165 e. The summed E-state index contributed by atoms with van der Waals surface area (Å²) in [4.78, 5) is 14.9. The molecule has 2 heterocycles. The standard InChI is InChI=1S/C11H13N3O/c1-8(2)3-9-4-12-11-10(7-15)5-13-14(11)6-9/h4-8H,3H2,1-2H3. The second-order valence-corrected chi connectivity index (χ2v) is 4.05. The molecule has 15 heavy (non-hydrogen) atoms. The third-order valence-electron chi connectivity index (χ3n) is 2.21. The first-order chi connectivity index (χ1) is 7.20. The Labute approximate surface area is 87.9 Å². The largest absolute Gasteiger partial charge is 0.298 e. The van der Waals surface area contributed by atoms with Crippen molar-refractivity contribution >= 4 is 11.9 Å². The fourth-order valence-electron chi connectivity index (χ4n) is 1.59. The number of carbonyl (C=O) groups is 1. The van der Waals surface area contributed by atoms with E-state index in [-0.39, 0.29) is 0 Å². The van der Waals surface area contributed by atoms with E-state index in [1.54, 1.807) is 4.52 Å². The van der Waals surface area contributed by atoms with Crippen LogP contribution >= 0.6 is 0 Å². The Morgan fingerprint density at radius 1 is 1.47 bits per heavy atom. The van der Waals surface area contributed by atoms with E-state index in [2.05, 4.69) is 23.9 Å². The van der Waals surface area contributed by atoms with Crippen molar-refractivity contribution in [2.45, 2.75) is 20.3 Å². The minimum absolute atomic E-state index is 0.533. The van der Waals surface area contributed by atoms with Crippen LogP contribution in [0.2, 0.25) is 0 Å². The van der Waals surface area contributed by atoms with Crippen LogP contribution < -0.4 is 0 Å². The van der Waals surface area contributed by atoms with Crippen molar-refractivity contribution < 1.29 is 4.79 Å². The summed E-state index contributed by atoms with van der Waals surface area (Å²) in [6.45, 7) is 4.31. The molecule has 0 unspecified atom stereocenters. The molecule has 78 valence electrons. The Bertz CT molecular complexity index is 488. The molecule has 2 aromatic heterocycles. The van der Waals surface area contributed by atoms with Gasteiger partial charge < -0.3 is 0 Å². The van der Waals surface area contributed by atoms with Gasteiger partial charge in [0.1, 0.15) is 0 Å². The molecule has 0 fully saturated rings. The van der Waals surface area contributed by atoms with Crippen LogP contribution in [0.3, 0.4) is 0 Å². The number of hydrogen-bond donors (Lipinski definition) is 0. The molecule has 0 aliphatic rings. The van der Waals surface area contributed by atoms with Crippen molar-refractivity contribution in [1.29, 1.82) is 0 Å². The van der Waals surface area contributed by atoms with Crippen molar-refractivity contribution in [3.8, 4) is 0 Å². The van der Waals surface area contributed by atoms with E-state index in [1.165, 1.54) is 6.20 Å². The van der Waals surface area contributed by atoms with E-state index in [0.29, 0.717) is 17.1 Å². The van der Waals surface area contributed by atoms with Crippen molar-refractivity contribution in [2.75, 3.05) is 0 Å². The number of fused-ring (bicyclic) bond motifs is 1. The second kappa shape index (κ2) is 3.81. The van der Waals surface area contributed by atoms with Crippen molar-refractivity contribution in [3.05, 3.63) is 29.7 Å². The lowest BCUT2D eigenvalue weighted by Gasteiger charge is -2.04. The molecular weight excluding hydrogens is 190 g/mol. The predicted molar refractivity (Wildman–Crippen MR) is 56.9 cm³/mol. The van der Waals surface area contributed by atoms with E-state index in [9.17, 15) is 4.79 Å². The van der Waals surface area contributed by atoms with Crippen LogP contribution in [0.15, 0.2) is 18.6 Å². The summed E-state index contributed by atoms with van der Waals surface area (Å²) in [5, 5.41) is 4.08. The van der Waals surface area contributed by atoms with Gasteiger partial charge in [0.2, 0.25) is 0 Å². The molecule has 2 aromatic rings. The fourth-order valence-corrected chi connectivity index (χ4v) is 1.59. The van der Waals surface area contributed by atoms with Gasteiger partial charge in [-0.25, -0.2) is 9.50 Å². The molecule has 0 saturated carbocycles. The highest BCUT2D eigenvalue weighted by Crippen LogP contribution is 2.10. The first-order valence-corrected chi connectivity index (χ1v) is 4.98. The smallest absolute Gasteiger partial charge is 0.165 e. The van der Waals surface area contributed by atoms with Gasteiger partial charge in [0.15, 0.2) is 11.9 Å². The molecule has 0 bridgehead atoms. The zero-order valence-corrected chi connectivity index (χ0v) is 8.84. The van der Waals surface area contributed by atoms with Gasteiger partial charge in [-0.05, 0) is 17.9 Å². The molecular formula is C11H13N3O. The van der Waals surface area contributed by atoms with Crippen LogP contribution in [0.25, 0.3) is 5.65 Å². The number of nitrogens with zero attached hydrogens (tertiary/aromatic N) is 3. The van der Waals surface area contributed by atoms with Gasteiger partial charge in [0.25, 0.3) is 0 Å². The first kappa shape index (κ1) is 9.83. The van der Waals surface area contributed by atoms with E-state index in [1.807, 2.05) is 12.4 Å². The molecule has 2 rings (SSSR count). The molecule has 4 heteroatoms. The molecule has 0 radical (unpaired) electrons. The Morgan fingerprint density at radius 2 is 2.27 bits per heavy atom. The summed E-state index contributed by atoms with van der Waals surface area (Å²) in [6, 6.07) is 0. The Hall–Kier alpha value is -1.71. The van der Waals surface area contributed by atoms with Crippen LogP contribution in [-0.2, 0) is 6.42 Å². The van der Waals surface area contributed by atoms with Gasteiger partial charge in [-0.3, -0.25) is 4.79 Å². The summed E-state index contributed by atoms with van der Waals surface area (Å²) in [6.07, 6.45) is 7.02. The van der Waals surface area contributed by atoms with Crippen LogP contribution in [0.1, 0.15) is 29.8 Å². The van der Waals surface area contributed by atoms with Gasteiger partial charge in [-0.1, -0.05) is 13.8 Å². The first-order valence-electron chi connectivity index (χ1n) is 4.98. The van der Waals surface area contributed by atoms with Gasteiger partial charge in [-0.2, -0.15) is 5.10 Å². The Morgan fingerprint density at radius 3 is 2.93 bits per heavy atom. The van der Waals surface area contributed by atoms with Gasteiger partial charge in [0.05, 0.1) is 11.8 Å². The van der Waals surface area contributed by atoms with Gasteiger partial charge in [-0.15, -0.1) is 0 Å². The fraction of sp³-hybridized carbons (Fsp3) is 0.364. The Balaban J connectivity index is 2.44. The lowest BCUT2D eigenvalue weighted by atomic mass is 10.1. The van der Waals surface area contributed by atoms with Gasteiger partial charge in [0, 0.05) is 12.4 Å². The van der Waals surface area contributed by atoms with Crippen LogP contribution in [0.5, 0.6) is 0 Å². The maximum absolute atomic E-state index is 10.7. The summed E-state index contributed by atoms with van der Waals surface area (Å²) >= 11 is 0. The molecule has 0 atom stereocenters. The minimum Gasteiger partial charge on any atom is -0.298 e. The SMILES string of the molecule is CC(C)Cc1cnc2c(C=O)cnn2c1. The maximum atomic E-state index is 10.7. The number of aldehydes is 1. The highest BCUT2D eigenvalue weighted by molar-refractivity contribution is 5.83. The molecule has 0 aliphatic heterocycles. The highest BCUT2D eigenvalue weighted by atomic mass is 16.1. The molecule has 4 nitrogen and oxygen atoms in total. The average Bonchev–Trinajstić information content (AvgIpc) is 2.58. The number of hydrogen-bond acceptors (Lipinski definition) is 3. The number of aromatic nitrogens is 3. The Kier molecular flexibility index (Phi) is 2.49. The lowest BCUT2D eigenvalue weighted by Crippen LogP contribution is -1.99. The van der Waals surface area contributed by atoms with Crippen LogP contribution in [0.4, 0.5) is 0 Å². The predicted octanol–water partition coefficient (Wildman–Crippen LogP) is 1.74. The van der Waals surface area contributed by atoms with Crippen molar-refractivity contribution in [1.82, 2.24) is 14.6 Å². The molecule has 0 spiro atoms. The summed E-state index contributed by atoms with van der Waals surface area (Å²) < 4.78 is 1.65. The zero-order valence-electron chi connectivity index (χ0n) is 8.84. The third kappa shape index (κ3) is 1.88. The van der Waals surface area contributed by atoms with Crippen LogP contribution in [0, 0.1) is 5.92 Å². The second-order valence-electron chi connectivity index (χ2n) is 4.05. The monoisotopic (exact) mass is 203 g/mol. The molecule has 0 aromatic carbocycles. The average molecular weight is 203 g/mol. The zero-order chi connectivity index (χ0) is 10.8. The van der Waals surface area contributed by atoms with E-state index in [4.69, 9.17) is 0 Å². The third-order valence-corrected chi connectivity index (χ3v) is 2.21. The van der Waals surface area contributed by atoms with E-state index >= 15 is 0 Å².